The lowest BCUT2D eigenvalue weighted by Gasteiger charge is -2.09. The number of carbonyl (C=O) groups excluding carboxylic acids is 1. The van der Waals surface area contributed by atoms with Gasteiger partial charge in [-0.25, -0.2) is 9.78 Å². The molecular formula is C15H12N2O2. The zero-order valence-electron chi connectivity index (χ0n) is 10.2. The SMILES string of the molecule is NCOC(=O)c1c2ccccc2nc2ccccc12. The third kappa shape index (κ3) is 1.92. The van der Waals surface area contributed by atoms with Crippen molar-refractivity contribution in [1.82, 2.24) is 4.98 Å². The predicted octanol–water partition coefficient (Wildman–Crippen LogP) is 2.46. The molecule has 0 spiro atoms. The van der Waals surface area contributed by atoms with Crippen LogP contribution in [0.3, 0.4) is 0 Å². The molecule has 0 saturated heterocycles. The largest absolute Gasteiger partial charge is 0.446 e. The molecule has 19 heavy (non-hydrogen) atoms. The minimum Gasteiger partial charge on any atom is -0.446 e. The predicted molar refractivity (Wildman–Crippen MR) is 73.7 cm³/mol. The average Bonchev–Trinajstić information content (AvgIpc) is 2.44. The molecule has 3 rings (SSSR count). The van der Waals surface area contributed by atoms with Gasteiger partial charge in [0.15, 0.2) is 0 Å². The molecule has 1 heterocycles. The van der Waals surface area contributed by atoms with Crippen LogP contribution in [0.5, 0.6) is 0 Å². The van der Waals surface area contributed by atoms with Crippen LogP contribution < -0.4 is 5.73 Å². The third-order valence-electron chi connectivity index (χ3n) is 3.01. The number of hydrogen-bond donors (Lipinski definition) is 1. The molecule has 0 bridgehead atoms. The second-order valence-electron chi connectivity index (χ2n) is 4.12. The van der Waals surface area contributed by atoms with Crippen LogP contribution in [-0.2, 0) is 4.74 Å². The maximum absolute atomic E-state index is 12.1. The Bertz CT molecular complexity index is 714. The third-order valence-corrected chi connectivity index (χ3v) is 3.01. The van der Waals surface area contributed by atoms with Gasteiger partial charge in [0.05, 0.1) is 16.6 Å². The first-order valence-corrected chi connectivity index (χ1v) is 5.96. The fourth-order valence-electron chi connectivity index (χ4n) is 2.21. The normalized spacial score (nSPS) is 10.8. The van der Waals surface area contributed by atoms with E-state index in [0.29, 0.717) is 5.56 Å². The Morgan fingerprint density at radius 3 is 2.05 bits per heavy atom. The minimum atomic E-state index is -0.419. The van der Waals surface area contributed by atoms with Crippen molar-refractivity contribution in [2.75, 3.05) is 6.73 Å². The maximum Gasteiger partial charge on any atom is 0.340 e. The average molecular weight is 252 g/mol. The van der Waals surface area contributed by atoms with Crippen LogP contribution in [0.2, 0.25) is 0 Å². The van der Waals surface area contributed by atoms with Gasteiger partial charge in [-0.3, -0.25) is 5.73 Å². The van der Waals surface area contributed by atoms with Crippen molar-refractivity contribution in [2.45, 2.75) is 0 Å². The van der Waals surface area contributed by atoms with E-state index in [0.717, 1.165) is 21.8 Å². The Balaban J connectivity index is 2.43. The molecule has 3 aromatic rings. The van der Waals surface area contributed by atoms with Crippen LogP contribution in [0.25, 0.3) is 21.8 Å². The van der Waals surface area contributed by atoms with Crippen molar-refractivity contribution in [3.63, 3.8) is 0 Å². The number of benzene rings is 2. The highest BCUT2D eigenvalue weighted by molar-refractivity contribution is 6.14. The van der Waals surface area contributed by atoms with E-state index in [2.05, 4.69) is 4.98 Å². The lowest BCUT2D eigenvalue weighted by Crippen LogP contribution is -2.13. The van der Waals surface area contributed by atoms with E-state index in [1.54, 1.807) is 0 Å². The molecule has 4 heteroatoms. The maximum atomic E-state index is 12.1. The summed E-state index contributed by atoms with van der Waals surface area (Å²) in [5.74, 6) is -0.419. The van der Waals surface area contributed by atoms with E-state index < -0.39 is 5.97 Å². The first-order valence-electron chi connectivity index (χ1n) is 5.96. The number of nitrogens with two attached hydrogens (primary N) is 1. The molecule has 1 aromatic heterocycles. The number of ether oxygens (including phenoxy) is 1. The summed E-state index contributed by atoms with van der Waals surface area (Å²) in [7, 11) is 0. The van der Waals surface area contributed by atoms with Gasteiger partial charge in [0.25, 0.3) is 0 Å². The summed E-state index contributed by atoms with van der Waals surface area (Å²) in [5.41, 5.74) is 7.35. The van der Waals surface area contributed by atoms with Gasteiger partial charge in [0, 0.05) is 10.8 Å². The minimum absolute atomic E-state index is 0.135. The molecule has 0 aliphatic carbocycles. The number of pyridine rings is 1. The van der Waals surface area contributed by atoms with Gasteiger partial charge in [-0.15, -0.1) is 0 Å². The highest BCUT2D eigenvalue weighted by atomic mass is 16.5. The number of nitrogens with zero attached hydrogens (tertiary/aromatic N) is 1. The first kappa shape index (κ1) is 11.6. The molecule has 0 aliphatic heterocycles. The fourth-order valence-corrected chi connectivity index (χ4v) is 2.21. The van der Waals surface area contributed by atoms with E-state index in [9.17, 15) is 4.79 Å². The molecule has 94 valence electrons. The number of carbonyl (C=O) groups is 1. The van der Waals surface area contributed by atoms with Gasteiger partial charge < -0.3 is 4.74 Å². The van der Waals surface area contributed by atoms with Gasteiger partial charge in [0.1, 0.15) is 6.73 Å². The lowest BCUT2D eigenvalue weighted by molar-refractivity contribution is 0.0520. The second kappa shape index (κ2) is 4.66. The van der Waals surface area contributed by atoms with E-state index >= 15 is 0 Å². The highest BCUT2D eigenvalue weighted by Crippen LogP contribution is 2.26. The van der Waals surface area contributed by atoms with Crippen LogP contribution in [0.1, 0.15) is 10.4 Å². The summed E-state index contributed by atoms with van der Waals surface area (Å²) in [5, 5.41) is 1.55. The molecular weight excluding hydrogens is 240 g/mol. The number of rotatable bonds is 2. The zero-order chi connectivity index (χ0) is 13.2. The van der Waals surface area contributed by atoms with Crippen LogP contribution in [0, 0.1) is 0 Å². The van der Waals surface area contributed by atoms with E-state index in [-0.39, 0.29) is 6.73 Å². The van der Waals surface area contributed by atoms with E-state index in [1.807, 2.05) is 48.5 Å². The van der Waals surface area contributed by atoms with Crippen LogP contribution in [0.15, 0.2) is 48.5 Å². The van der Waals surface area contributed by atoms with Crippen molar-refractivity contribution in [1.29, 1.82) is 0 Å². The Morgan fingerprint density at radius 2 is 1.53 bits per heavy atom. The summed E-state index contributed by atoms with van der Waals surface area (Å²) < 4.78 is 4.96. The molecule has 2 aromatic carbocycles. The number of hydrogen-bond acceptors (Lipinski definition) is 4. The van der Waals surface area contributed by atoms with E-state index in [4.69, 9.17) is 10.5 Å². The molecule has 0 amide bonds. The smallest absolute Gasteiger partial charge is 0.340 e. The molecule has 0 radical (unpaired) electrons. The number of para-hydroxylation sites is 2. The molecule has 0 unspecified atom stereocenters. The zero-order valence-corrected chi connectivity index (χ0v) is 10.2. The Kier molecular flexibility index (Phi) is 2.85. The summed E-state index contributed by atoms with van der Waals surface area (Å²) in [6, 6.07) is 15.0. The summed E-state index contributed by atoms with van der Waals surface area (Å²) in [6.07, 6.45) is 0. The van der Waals surface area contributed by atoms with Gasteiger partial charge in [-0.1, -0.05) is 36.4 Å². The van der Waals surface area contributed by atoms with Crippen molar-refractivity contribution in [2.24, 2.45) is 5.73 Å². The van der Waals surface area contributed by atoms with Gasteiger partial charge >= 0.3 is 5.97 Å². The number of aromatic nitrogens is 1. The molecule has 0 atom stereocenters. The summed E-state index contributed by atoms with van der Waals surface area (Å²) in [6.45, 7) is -0.135. The molecule has 0 aliphatic rings. The van der Waals surface area contributed by atoms with E-state index in [1.165, 1.54) is 0 Å². The fraction of sp³-hybridized carbons (Fsp3) is 0.0667. The number of esters is 1. The number of fused-ring (bicyclic) bond motifs is 2. The van der Waals surface area contributed by atoms with Gasteiger partial charge in [-0.05, 0) is 12.1 Å². The highest BCUT2D eigenvalue weighted by Gasteiger charge is 2.16. The van der Waals surface area contributed by atoms with Gasteiger partial charge in [-0.2, -0.15) is 0 Å². The molecule has 4 nitrogen and oxygen atoms in total. The lowest BCUT2D eigenvalue weighted by atomic mass is 10.0. The molecule has 2 N–H and O–H groups in total. The second-order valence-corrected chi connectivity index (χ2v) is 4.12. The summed E-state index contributed by atoms with van der Waals surface area (Å²) in [4.78, 5) is 16.7. The topological polar surface area (TPSA) is 65.2 Å². The standard InChI is InChI=1S/C15H12N2O2/c16-9-19-15(18)14-10-5-1-3-7-12(10)17-13-8-4-2-6-11(13)14/h1-8H,9,16H2. The Hall–Kier alpha value is -2.46. The van der Waals surface area contributed by atoms with Crippen LogP contribution in [-0.4, -0.2) is 17.7 Å². The van der Waals surface area contributed by atoms with Crippen LogP contribution >= 0.6 is 0 Å². The first-order chi connectivity index (χ1) is 9.31. The van der Waals surface area contributed by atoms with Gasteiger partial charge in [0.2, 0.25) is 0 Å². The van der Waals surface area contributed by atoms with Crippen molar-refractivity contribution in [3.05, 3.63) is 54.1 Å². The van der Waals surface area contributed by atoms with Crippen LogP contribution in [0.4, 0.5) is 0 Å². The van der Waals surface area contributed by atoms with Crippen molar-refractivity contribution in [3.8, 4) is 0 Å². The monoisotopic (exact) mass is 252 g/mol. The Labute approximate surface area is 109 Å². The Morgan fingerprint density at radius 1 is 1.00 bits per heavy atom. The van der Waals surface area contributed by atoms with Crippen molar-refractivity contribution >= 4 is 27.8 Å². The molecule has 0 fully saturated rings. The quantitative estimate of drug-likeness (QED) is 0.432. The molecule has 0 saturated carbocycles. The summed E-state index contributed by atoms with van der Waals surface area (Å²) >= 11 is 0. The van der Waals surface area contributed by atoms with Crippen molar-refractivity contribution < 1.29 is 9.53 Å².